The van der Waals surface area contributed by atoms with Crippen LogP contribution in [-0.4, -0.2) is 42.3 Å². The van der Waals surface area contributed by atoms with Crippen LogP contribution in [0.2, 0.25) is 0 Å². The van der Waals surface area contributed by atoms with E-state index in [9.17, 15) is 14.4 Å². The second kappa shape index (κ2) is 9.49. The highest BCUT2D eigenvalue weighted by Crippen LogP contribution is 2.44. The van der Waals surface area contributed by atoms with E-state index >= 15 is 0 Å². The molecule has 2 fully saturated rings. The summed E-state index contributed by atoms with van der Waals surface area (Å²) < 4.78 is 5.67. The third-order valence-corrected chi connectivity index (χ3v) is 7.55. The van der Waals surface area contributed by atoms with Gasteiger partial charge in [-0.1, -0.05) is 55.0 Å². The molecule has 2 unspecified atom stereocenters. The number of ether oxygens (including phenoxy) is 1. The first-order valence-corrected chi connectivity index (χ1v) is 12.1. The molecule has 178 valence electrons. The van der Waals surface area contributed by atoms with Gasteiger partial charge in [-0.15, -0.1) is 0 Å². The van der Waals surface area contributed by atoms with Gasteiger partial charge in [0, 0.05) is 24.9 Å². The Hall–Kier alpha value is -3.35. The fourth-order valence-corrected chi connectivity index (χ4v) is 5.59. The lowest BCUT2D eigenvalue weighted by Crippen LogP contribution is -2.40. The van der Waals surface area contributed by atoms with Gasteiger partial charge in [0.05, 0.1) is 5.92 Å². The van der Waals surface area contributed by atoms with Crippen molar-refractivity contribution in [2.45, 2.75) is 44.1 Å². The van der Waals surface area contributed by atoms with E-state index in [1.54, 1.807) is 0 Å². The lowest BCUT2D eigenvalue weighted by atomic mass is 9.98. The largest absolute Gasteiger partial charge is 0.481 e. The SMILES string of the molecule is O=C(CC1CCCC1NC(=O)OCC1c2ccccc2-c2ccccc21)NC[C@H]1C[C@H]1C(=O)O. The van der Waals surface area contributed by atoms with Crippen LogP contribution >= 0.6 is 0 Å². The Balaban J connectivity index is 1.11. The fraction of sp³-hybridized carbons (Fsp3) is 0.444. The van der Waals surface area contributed by atoms with E-state index in [4.69, 9.17) is 9.84 Å². The van der Waals surface area contributed by atoms with Crippen molar-refractivity contribution in [3.63, 3.8) is 0 Å². The van der Waals surface area contributed by atoms with E-state index in [0.717, 1.165) is 19.3 Å². The number of hydrogen-bond acceptors (Lipinski definition) is 4. The van der Waals surface area contributed by atoms with Gasteiger partial charge in [-0.2, -0.15) is 0 Å². The van der Waals surface area contributed by atoms with E-state index in [0.29, 0.717) is 19.4 Å². The number of benzene rings is 2. The van der Waals surface area contributed by atoms with Gasteiger partial charge in [-0.25, -0.2) is 4.79 Å². The number of aliphatic carboxylic acids is 1. The molecule has 5 rings (SSSR count). The van der Waals surface area contributed by atoms with Crippen molar-refractivity contribution in [3.8, 4) is 11.1 Å². The number of carbonyl (C=O) groups excluding carboxylic acids is 2. The molecular weight excluding hydrogens is 432 g/mol. The Morgan fingerprint density at radius 2 is 1.62 bits per heavy atom. The van der Waals surface area contributed by atoms with Crippen molar-refractivity contribution in [2.75, 3.05) is 13.2 Å². The number of amides is 2. The average Bonchev–Trinajstić information content (AvgIpc) is 3.40. The van der Waals surface area contributed by atoms with Gasteiger partial charge in [0.2, 0.25) is 5.91 Å². The molecule has 0 bridgehead atoms. The zero-order chi connectivity index (χ0) is 23.7. The molecule has 2 aromatic carbocycles. The number of fused-ring (bicyclic) bond motifs is 3. The smallest absolute Gasteiger partial charge is 0.407 e. The molecule has 0 aliphatic heterocycles. The lowest BCUT2D eigenvalue weighted by Gasteiger charge is -2.21. The second-order valence-corrected chi connectivity index (χ2v) is 9.72. The van der Waals surface area contributed by atoms with Gasteiger partial charge in [0.25, 0.3) is 0 Å². The molecule has 3 aliphatic carbocycles. The van der Waals surface area contributed by atoms with Crippen LogP contribution in [0.1, 0.15) is 49.1 Å². The Labute approximate surface area is 198 Å². The maximum atomic E-state index is 12.6. The molecule has 3 N–H and O–H groups in total. The summed E-state index contributed by atoms with van der Waals surface area (Å²) in [4.78, 5) is 35.9. The maximum Gasteiger partial charge on any atom is 0.407 e. The van der Waals surface area contributed by atoms with Crippen LogP contribution in [0.25, 0.3) is 11.1 Å². The van der Waals surface area contributed by atoms with E-state index in [1.807, 2.05) is 24.3 Å². The third-order valence-electron chi connectivity index (χ3n) is 7.55. The Bertz CT molecular complexity index is 1050. The standard InChI is InChI=1S/C27H30N2O5/c30-25(28-14-17-12-22(17)26(31)32)13-16-6-5-11-24(16)29-27(33)34-15-23-20-9-3-1-7-18(20)19-8-2-4-10-21(19)23/h1-4,7-10,16-17,22-24H,5-6,11-15H2,(H,28,30)(H,29,33)(H,31,32)/t16?,17-,22-,24?/m1/s1. The molecule has 4 atom stereocenters. The zero-order valence-electron chi connectivity index (χ0n) is 19.0. The van der Waals surface area contributed by atoms with Crippen LogP contribution in [0.15, 0.2) is 48.5 Å². The van der Waals surface area contributed by atoms with E-state index < -0.39 is 12.1 Å². The second-order valence-electron chi connectivity index (χ2n) is 9.72. The molecule has 7 nitrogen and oxygen atoms in total. The topological polar surface area (TPSA) is 105 Å². The summed E-state index contributed by atoms with van der Waals surface area (Å²) in [6.07, 6.45) is 3.18. The number of carboxylic acid groups (broad SMARTS) is 1. The molecule has 0 radical (unpaired) electrons. The van der Waals surface area contributed by atoms with Crippen molar-refractivity contribution in [3.05, 3.63) is 59.7 Å². The van der Waals surface area contributed by atoms with E-state index in [2.05, 4.69) is 34.9 Å². The molecule has 34 heavy (non-hydrogen) atoms. The van der Waals surface area contributed by atoms with Gasteiger partial charge in [-0.3, -0.25) is 9.59 Å². The Morgan fingerprint density at radius 1 is 0.941 bits per heavy atom. The number of rotatable bonds is 8. The van der Waals surface area contributed by atoms with Gasteiger partial charge in [0.1, 0.15) is 6.61 Å². The Morgan fingerprint density at radius 3 is 2.26 bits per heavy atom. The molecule has 7 heteroatoms. The van der Waals surface area contributed by atoms with E-state index in [-0.39, 0.29) is 42.2 Å². The fourth-order valence-electron chi connectivity index (χ4n) is 5.59. The average molecular weight is 463 g/mol. The van der Waals surface area contributed by atoms with Crippen LogP contribution in [0.3, 0.4) is 0 Å². The third kappa shape index (κ3) is 4.65. The molecule has 0 spiro atoms. The van der Waals surface area contributed by atoms with Crippen molar-refractivity contribution in [1.29, 1.82) is 0 Å². The first-order valence-electron chi connectivity index (χ1n) is 12.1. The minimum atomic E-state index is -0.789. The minimum Gasteiger partial charge on any atom is -0.481 e. The molecule has 0 heterocycles. The van der Waals surface area contributed by atoms with Crippen LogP contribution in [0.4, 0.5) is 4.79 Å². The lowest BCUT2D eigenvalue weighted by molar-refractivity contribution is -0.139. The predicted molar refractivity (Wildman–Crippen MR) is 126 cm³/mol. The highest BCUT2D eigenvalue weighted by molar-refractivity contribution is 5.79. The summed E-state index contributed by atoms with van der Waals surface area (Å²) in [6.45, 7) is 0.677. The zero-order valence-corrected chi connectivity index (χ0v) is 19.0. The van der Waals surface area contributed by atoms with Crippen molar-refractivity contribution in [2.24, 2.45) is 17.8 Å². The van der Waals surface area contributed by atoms with Crippen molar-refractivity contribution < 1.29 is 24.2 Å². The number of carbonyl (C=O) groups is 3. The summed E-state index contributed by atoms with van der Waals surface area (Å²) in [5.74, 6) is -1.07. The number of carboxylic acids is 1. The van der Waals surface area contributed by atoms with Crippen molar-refractivity contribution in [1.82, 2.24) is 10.6 Å². The molecule has 2 aromatic rings. The molecular formula is C27H30N2O5. The predicted octanol–water partition coefficient (Wildman–Crippen LogP) is 3.92. The van der Waals surface area contributed by atoms with Crippen LogP contribution < -0.4 is 10.6 Å². The van der Waals surface area contributed by atoms with E-state index in [1.165, 1.54) is 22.3 Å². The maximum absolute atomic E-state index is 12.6. The summed E-state index contributed by atoms with van der Waals surface area (Å²) in [5, 5.41) is 14.8. The molecule has 0 aromatic heterocycles. The number of nitrogens with one attached hydrogen (secondary N) is 2. The summed E-state index contributed by atoms with van der Waals surface area (Å²) in [5.41, 5.74) is 4.73. The molecule has 2 saturated carbocycles. The number of alkyl carbamates (subject to hydrolysis) is 1. The van der Waals surface area contributed by atoms with Crippen LogP contribution in [0.5, 0.6) is 0 Å². The summed E-state index contributed by atoms with van der Waals surface area (Å²) >= 11 is 0. The minimum absolute atomic E-state index is 0.0142. The van der Waals surface area contributed by atoms with Gasteiger partial charge in [0.15, 0.2) is 0 Å². The normalized spacial score (nSPS) is 24.7. The van der Waals surface area contributed by atoms with Crippen LogP contribution in [0, 0.1) is 17.8 Å². The van der Waals surface area contributed by atoms with Crippen molar-refractivity contribution >= 4 is 18.0 Å². The van der Waals surface area contributed by atoms with Gasteiger partial charge >= 0.3 is 12.1 Å². The van der Waals surface area contributed by atoms with Gasteiger partial charge in [-0.05, 0) is 53.4 Å². The molecule has 2 amide bonds. The molecule has 3 aliphatic rings. The van der Waals surface area contributed by atoms with Crippen LogP contribution in [-0.2, 0) is 14.3 Å². The number of hydrogen-bond donors (Lipinski definition) is 3. The quantitative estimate of drug-likeness (QED) is 0.552. The van der Waals surface area contributed by atoms with Gasteiger partial charge < -0.3 is 20.5 Å². The highest BCUT2D eigenvalue weighted by Gasteiger charge is 2.43. The summed E-state index contributed by atoms with van der Waals surface area (Å²) in [7, 11) is 0. The Kier molecular flexibility index (Phi) is 6.26. The highest BCUT2D eigenvalue weighted by atomic mass is 16.5. The monoisotopic (exact) mass is 462 g/mol. The summed E-state index contributed by atoms with van der Waals surface area (Å²) in [6, 6.07) is 16.4. The first kappa shape index (κ1) is 22.4. The first-order chi connectivity index (χ1) is 16.5. The molecule has 0 saturated heterocycles.